The lowest BCUT2D eigenvalue weighted by molar-refractivity contribution is -0.137. The van der Waals surface area contributed by atoms with Crippen molar-refractivity contribution >= 4 is 0 Å². The van der Waals surface area contributed by atoms with Crippen LogP contribution in [0.25, 0.3) is 0 Å². The zero-order chi connectivity index (χ0) is 19.2. The summed E-state index contributed by atoms with van der Waals surface area (Å²) >= 11 is 0. The Balaban J connectivity index is 1.53. The van der Waals surface area contributed by atoms with Gasteiger partial charge >= 0.3 is 6.18 Å². The van der Waals surface area contributed by atoms with Gasteiger partial charge in [-0.15, -0.1) is 0 Å². The highest BCUT2D eigenvalue weighted by Crippen LogP contribution is 2.35. The van der Waals surface area contributed by atoms with Crippen molar-refractivity contribution in [3.63, 3.8) is 0 Å². The Bertz CT molecular complexity index is 801. The molecule has 3 heterocycles. The Morgan fingerprint density at radius 2 is 1.81 bits per heavy atom. The highest BCUT2D eigenvalue weighted by molar-refractivity contribution is 5.33. The number of hydrogen-bond donors (Lipinski definition) is 0. The molecule has 4 rings (SSSR count). The monoisotopic (exact) mass is 381 g/mol. The van der Waals surface area contributed by atoms with E-state index in [1.54, 1.807) is 0 Å². The molecule has 0 aliphatic carbocycles. The van der Waals surface area contributed by atoms with Crippen molar-refractivity contribution in [2.24, 2.45) is 0 Å². The van der Waals surface area contributed by atoms with Crippen molar-refractivity contribution in [3.8, 4) is 0 Å². The molecule has 146 valence electrons. The Kier molecular flexibility index (Phi) is 4.50. The van der Waals surface area contributed by atoms with Crippen LogP contribution in [0.2, 0.25) is 0 Å². The summed E-state index contributed by atoms with van der Waals surface area (Å²) in [6.07, 6.45) is -2.25. The molecule has 0 spiro atoms. The van der Waals surface area contributed by atoms with Crippen LogP contribution in [0.15, 0.2) is 28.8 Å². The number of benzene rings is 1. The first-order valence-electron chi connectivity index (χ1n) is 9.12. The average Bonchev–Trinajstić information content (AvgIpc) is 3.30. The fourth-order valence-electron chi connectivity index (χ4n) is 3.79. The molecule has 0 amide bonds. The zero-order valence-corrected chi connectivity index (χ0v) is 15.3. The van der Waals surface area contributed by atoms with Crippen LogP contribution in [-0.2, 0) is 16.3 Å². The van der Waals surface area contributed by atoms with E-state index in [1.165, 1.54) is 18.6 Å². The first-order chi connectivity index (χ1) is 12.7. The summed E-state index contributed by atoms with van der Waals surface area (Å²) < 4.78 is 49.7. The van der Waals surface area contributed by atoms with Gasteiger partial charge in [0.05, 0.1) is 17.6 Å². The molecule has 0 N–H and O–H groups in total. The van der Waals surface area contributed by atoms with Gasteiger partial charge in [-0.2, -0.15) is 18.2 Å². The number of alkyl halides is 3. The number of aromatic nitrogens is 2. The van der Waals surface area contributed by atoms with E-state index in [0.717, 1.165) is 31.6 Å². The first kappa shape index (κ1) is 18.4. The lowest BCUT2D eigenvalue weighted by Crippen LogP contribution is -2.42. The third-order valence-electron chi connectivity index (χ3n) is 5.59. The molecule has 2 aliphatic heterocycles. The number of ether oxygens (including phenoxy) is 1. The van der Waals surface area contributed by atoms with Gasteiger partial charge in [0, 0.05) is 12.6 Å². The standard InChI is InChI=1S/C19H22F3N3O2/c1-18(2,12-5-7-13(8-6-12)19(20,21)22)17-23-16(24-27-17)15-10-25-9-3-4-14(25)11-26-15/h5-8,14-15H,3-4,9-11H2,1-2H3/t14-,15+/m0/s1. The molecule has 2 atom stereocenters. The van der Waals surface area contributed by atoms with Crippen LogP contribution in [0.4, 0.5) is 13.2 Å². The molecule has 0 saturated carbocycles. The van der Waals surface area contributed by atoms with Crippen molar-refractivity contribution < 1.29 is 22.4 Å². The Morgan fingerprint density at radius 1 is 1.11 bits per heavy atom. The SMILES string of the molecule is CC(C)(c1ccc(C(F)(F)F)cc1)c1nc([C@H]2CN3CCC[C@H]3CO2)no1. The van der Waals surface area contributed by atoms with E-state index in [1.807, 2.05) is 13.8 Å². The molecule has 2 aromatic rings. The second-order valence-corrected chi connectivity index (χ2v) is 7.77. The lowest BCUT2D eigenvalue weighted by atomic mass is 9.84. The Morgan fingerprint density at radius 3 is 2.52 bits per heavy atom. The number of hydrogen-bond acceptors (Lipinski definition) is 5. The molecular weight excluding hydrogens is 359 g/mol. The highest BCUT2D eigenvalue weighted by atomic mass is 19.4. The number of nitrogens with zero attached hydrogens (tertiary/aromatic N) is 3. The number of rotatable bonds is 3. The second kappa shape index (κ2) is 6.60. The third-order valence-corrected chi connectivity index (χ3v) is 5.59. The van der Waals surface area contributed by atoms with Gasteiger partial charge in [-0.1, -0.05) is 17.3 Å². The number of morpholine rings is 1. The minimum atomic E-state index is -4.36. The second-order valence-electron chi connectivity index (χ2n) is 7.77. The number of fused-ring (bicyclic) bond motifs is 1. The summed E-state index contributed by atoms with van der Waals surface area (Å²) in [4.78, 5) is 6.91. The zero-order valence-electron chi connectivity index (χ0n) is 15.3. The molecule has 2 saturated heterocycles. The molecule has 27 heavy (non-hydrogen) atoms. The van der Waals surface area contributed by atoms with Gasteiger partial charge < -0.3 is 9.26 Å². The van der Waals surface area contributed by atoms with Gasteiger partial charge in [0.25, 0.3) is 0 Å². The Labute approximate surface area is 155 Å². The van der Waals surface area contributed by atoms with Gasteiger partial charge in [0.15, 0.2) is 0 Å². The summed E-state index contributed by atoms with van der Waals surface area (Å²) in [5.74, 6) is 0.861. The van der Waals surface area contributed by atoms with E-state index in [-0.39, 0.29) is 6.10 Å². The van der Waals surface area contributed by atoms with Gasteiger partial charge in [-0.25, -0.2) is 0 Å². The van der Waals surface area contributed by atoms with Crippen LogP contribution in [-0.4, -0.2) is 40.8 Å². The summed E-state index contributed by atoms with van der Waals surface area (Å²) in [6.45, 7) is 6.17. The van der Waals surface area contributed by atoms with Crippen LogP contribution in [0.3, 0.4) is 0 Å². The van der Waals surface area contributed by atoms with E-state index in [4.69, 9.17) is 9.26 Å². The smallest absolute Gasteiger partial charge is 0.367 e. The van der Waals surface area contributed by atoms with Crippen LogP contribution < -0.4 is 0 Å². The first-order valence-corrected chi connectivity index (χ1v) is 9.12. The topological polar surface area (TPSA) is 51.4 Å². The highest BCUT2D eigenvalue weighted by Gasteiger charge is 2.37. The normalized spacial score (nSPS) is 24.2. The predicted octanol–water partition coefficient (Wildman–Crippen LogP) is 3.95. The maximum absolute atomic E-state index is 12.8. The maximum atomic E-state index is 12.8. The molecule has 0 bridgehead atoms. The molecular formula is C19H22F3N3O2. The Hall–Kier alpha value is -1.93. The molecule has 8 heteroatoms. The van der Waals surface area contributed by atoms with E-state index < -0.39 is 17.2 Å². The van der Waals surface area contributed by atoms with Crippen molar-refractivity contribution in [2.45, 2.75) is 50.4 Å². The largest absolute Gasteiger partial charge is 0.416 e. The summed E-state index contributed by atoms with van der Waals surface area (Å²) in [7, 11) is 0. The van der Waals surface area contributed by atoms with Crippen LogP contribution in [0.5, 0.6) is 0 Å². The fourth-order valence-corrected chi connectivity index (χ4v) is 3.79. The molecule has 1 aromatic carbocycles. The molecule has 2 fully saturated rings. The van der Waals surface area contributed by atoms with Crippen molar-refractivity contribution in [2.75, 3.05) is 19.7 Å². The molecule has 1 aromatic heterocycles. The maximum Gasteiger partial charge on any atom is 0.416 e. The number of halogens is 3. The molecule has 0 radical (unpaired) electrons. The lowest BCUT2D eigenvalue weighted by Gasteiger charge is -2.33. The van der Waals surface area contributed by atoms with Gasteiger partial charge in [-0.3, -0.25) is 4.90 Å². The van der Waals surface area contributed by atoms with Gasteiger partial charge in [-0.05, 0) is 50.9 Å². The van der Waals surface area contributed by atoms with E-state index in [2.05, 4.69) is 15.0 Å². The molecule has 0 unspecified atom stereocenters. The van der Waals surface area contributed by atoms with Gasteiger partial charge in [0.1, 0.15) is 6.10 Å². The van der Waals surface area contributed by atoms with Crippen LogP contribution >= 0.6 is 0 Å². The van der Waals surface area contributed by atoms with E-state index >= 15 is 0 Å². The van der Waals surface area contributed by atoms with Crippen molar-refractivity contribution in [1.82, 2.24) is 15.0 Å². The molecule has 2 aliphatic rings. The summed E-state index contributed by atoms with van der Waals surface area (Å²) in [5.41, 5.74) is -0.709. The van der Waals surface area contributed by atoms with E-state index in [9.17, 15) is 13.2 Å². The fraction of sp³-hybridized carbons (Fsp3) is 0.579. The summed E-state index contributed by atoms with van der Waals surface area (Å²) in [6, 6.07) is 5.55. The van der Waals surface area contributed by atoms with Crippen molar-refractivity contribution in [1.29, 1.82) is 0 Å². The van der Waals surface area contributed by atoms with Crippen LogP contribution in [0.1, 0.15) is 55.6 Å². The van der Waals surface area contributed by atoms with E-state index in [0.29, 0.717) is 29.9 Å². The minimum absolute atomic E-state index is 0.236. The van der Waals surface area contributed by atoms with Crippen LogP contribution in [0, 0.1) is 0 Å². The summed E-state index contributed by atoms with van der Waals surface area (Å²) in [5, 5.41) is 4.08. The minimum Gasteiger partial charge on any atom is -0.367 e. The predicted molar refractivity (Wildman–Crippen MR) is 91.2 cm³/mol. The van der Waals surface area contributed by atoms with Gasteiger partial charge in [0.2, 0.25) is 11.7 Å². The quantitative estimate of drug-likeness (QED) is 0.806. The average molecular weight is 381 g/mol. The molecule has 5 nitrogen and oxygen atoms in total. The van der Waals surface area contributed by atoms with Crippen molar-refractivity contribution in [3.05, 3.63) is 47.1 Å². The third kappa shape index (κ3) is 3.48.